The molecular weight excluding hydrogens is 679 g/mol. The summed E-state index contributed by atoms with van der Waals surface area (Å²) in [6.07, 6.45) is 10.2. The van der Waals surface area contributed by atoms with Gasteiger partial charge >= 0.3 is 0 Å². The Bertz CT molecular complexity index is 2080. The van der Waals surface area contributed by atoms with Crippen LogP contribution in [-0.4, -0.2) is 47.6 Å². The average molecular weight is 712 g/mol. The third kappa shape index (κ3) is 8.87. The molecule has 0 aliphatic heterocycles. The molecule has 0 radical (unpaired) electrons. The minimum atomic E-state index is -0.225. The van der Waals surface area contributed by atoms with E-state index in [1.165, 1.54) is 0 Å². The molecule has 54 heavy (non-hydrogen) atoms. The number of nitrogens with one attached hydrogen (secondary N) is 3. The Morgan fingerprint density at radius 2 is 0.667 bits per heavy atom. The van der Waals surface area contributed by atoms with Crippen molar-refractivity contribution in [1.29, 1.82) is 0 Å². The lowest BCUT2D eigenvalue weighted by molar-refractivity contribution is 0.0943. The summed E-state index contributed by atoms with van der Waals surface area (Å²) in [6.45, 7) is 1.06. The highest BCUT2D eigenvalue weighted by molar-refractivity contribution is 5.96. The highest BCUT2D eigenvalue weighted by Crippen LogP contribution is 2.26. The highest BCUT2D eigenvalue weighted by Gasteiger charge is 2.15. The number of rotatable bonds is 12. The lowest BCUT2D eigenvalue weighted by atomic mass is 10.1. The van der Waals surface area contributed by atoms with Gasteiger partial charge in [0, 0.05) is 90.2 Å². The second-order valence-corrected chi connectivity index (χ2v) is 12.2. The number of hydrogen-bond acceptors (Lipinski definition) is 9. The monoisotopic (exact) mass is 711 g/mol. The van der Waals surface area contributed by atoms with Crippen LogP contribution in [0.25, 0.3) is 34.2 Å². The molecule has 7 aromatic rings. The van der Waals surface area contributed by atoms with Gasteiger partial charge in [-0.25, -0.2) is 15.0 Å². The normalized spacial score (nSPS) is 10.7. The second kappa shape index (κ2) is 16.7. The summed E-state index contributed by atoms with van der Waals surface area (Å²) < 4.78 is 0. The Morgan fingerprint density at radius 3 is 0.907 bits per heavy atom. The minimum Gasteiger partial charge on any atom is -0.348 e. The molecule has 0 atom stereocenters. The Hall–Kier alpha value is -7.47. The predicted molar refractivity (Wildman–Crippen MR) is 202 cm³/mol. The van der Waals surface area contributed by atoms with Crippen LogP contribution in [0.4, 0.5) is 0 Å². The summed E-state index contributed by atoms with van der Waals surface area (Å²) in [7, 11) is 0. The summed E-state index contributed by atoms with van der Waals surface area (Å²) >= 11 is 0. The highest BCUT2D eigenvalue weighted by atomic mass is 16.2. The summed E-state index contributed by atoms with van der Waals surface area (Å²) in [4.78, 5) is 65.3. The molecule has 0 aliphatic rings. The molecule has 3 aromatic carbocycles. The molecule has 0 saturated heterocycles. The lowest BCUT2D eigenvalue weighted by Crippen LogP contribution is -2.22. The molecule has 0 bridgehead atoms. The maximum atomic E-state index is 12.9. The van der Waals surface area contributed by atoms with Gasteiger partial charge in [0.05, 0.1) is 0 Å². The van der Waals surface area contributed by atoms with E-state index in [0.717, 1.165) is 16.7 Å². The second-order valence-electron chi connectivity index (χ2n) is 12.2. The Balaban J connectivity index is 1.13. The molecule has 7 rings (SSSR count). The van der Waals surface area contributed by atoms with Gasteiger partial charge in [-0.3, -0.25) is 29.3 Å². The molecule has 4 aromatic heterocycles. The molecule has 12 heteroatoms. The summed E-state index contributed by atoms with van der Waals surface area (Å²) in [6, 6.07) is 32.2. The first-order valence-corrected chi connectivity index (χ1v) is 17.1. The number of hydrogen-bond donors (Lipinski definition) is 3. The molecule has 0 spiro atoms. The van der Waals surface area contributed by atoms with E-state index in [-0.39, 0.29) is 17.7 Å². The average Bonchev–Trinajstić information content (AvgIpc) is 3.25. The van der Waals surface area contributed by atoms with Gasteiger partial charge in [0.2, 0.25) is 0 Å². The number of carbonyl (C=O) groups excluding carboxylic acids is 3. The number of benzene rings is 3. The van der Waals surface area contributed by atoms with E-state index in [9.17, 15) is 14.4 Å². The van der Waals surface area contributed by atoms with Crippen molar-refractivity contribution in [3.63, 3.8) is 0 Å². The van der Waals surface area contributed by atoms with Crippen LogP contribution < -0.4 is 16.0 Å². The van der Waals surface area contributed by atoms with Crippen LogP contribution in [0.5, 0.6) is 0 Å². The van der Waals surface area contributed by atoms with Crippen LogP contribution in [0.15, 0.2) is 146 Å². The summed E-state index contributed by atoms with van der Waals surface area (Å²) in [5.41, 5.74) is 6.12. The van der Waals surface area contributed by atoms with E-state index in [4.69, 9.17) is 15.0 Å². The maximum Gasteiger partial charge on any atom is 0.251 e. The molecule has 3 amide bonds. The molecule has 0 saturated carbocycles. The van der Waals surface area contributed by atoms with Gasteiger partial charge in [-0.1, -0.05) is 54.6 Å². The molecular formula is C42H33N9O3. The van der Waals surface area contributed by atoms with Gasteiger partial charge in [0.15, 0.2) is 17.5 Å². The third-order valence-electron chi connectivity index (χ3n) is 8.38. The molecule has 12 nitrogen and oxygen atoms in total. The van der Waals surface area contributed by atoms with Gasteiger partial charge < -0.3 is 16.0 Å². The van der Waals surface area contributed by atoms with Crippen molar-refractivity contribution in [1.82, 2.24) is 45.9 Å². The van der Waals surface area contributed by atoms with Crippen LogP contribution in [0.1, 0.15) is 47.8 Å². The van der Waals surface area contributed by atoms with E-state index < -0.39 is 0 Å². The summed E-state index contributed by atoms with van der Waals surface area (Å²) in [5, 5.41) is 8.73. The van der Waals surface area contributed by atoms with Gasteiger partial charge in [-0.2, -0.15) is 0 Å². The van der Waals surface area contributed by atoms with Gasteiger partial charge in [-0.05, 0) is 71.3 Å². The van der Waals surface area contributed by atoms with Crippen LogP contribution in [0.3, 0.4) is 0 Å². The molecule has 0 fully saturated rings. The van der Waals surface area contributed by atoms with E-state index in [1.807, 2.05) is 36.4 Å². The van der Waals surface area contributed by atoms with E-state index in [0.29, 0.717) is 70.5 Å². The van der Waals surface area contributed by atoms with Crippen molar-refractivity contribution < 1.29 is 14.4 Å². The van der Waals surface area contributed by atoms with Gasteiger partial charge in [0.1, 0.15) is 0 Å². The number of pyridine rings is 3. The van der Waals surface area contributed by atoms with Crippen molar-refractivity contribution in [2.24, 2.45) is 0 Å². The first-order valence-electron chi connectivity index (χ1n) is 17.1. The first-order chi connectivity index (χ1) is 26.5. The van der Waals surface area contributed by atoms with Crippen LogP contribution in [0, 0.1) is 0 Å². The fourth-order valence-corrected chi connectivity index (χ4v) is 5.44. The molecule has 3 N–H and O–H groups in total. The van der Waals surface area contributed by atoms with E-state index >= 15 is 0 Å². The SMILES string of the molecule is O=C(NCc1cccnc1)c1ccc(-c2nc(-c3ccc(C(=O)NCc4cccnc4)cc3)nc(-c3ccc(C(=O)NCc4cccnc4)cc3)n2)cc1. The first kappa shape index (κ1) is 35.0. The van der Waals surface area contributed by atoms with Gasteiger partial charge in [0.25, 0.3) is 17.7 Å². The third-order valence-corrected chi connectivity index (χ3v) is 8.38. The van der Waals surface area contributed by atoms with E-state index in [2.05, 4.69) is 30.9 Å². The van der Waals surface area contributed by atoms with Crippen LogP contribution in [0.2, 0.25) is 0 Å². The quantitative estimate of drug-likeness (QED) is 0.141. The largest absolute Gasteiger partial charge is 0.348 e. The fourth-order valence-electron chi connectivity index (χ4n) is 5.44. The van der Waals surface area contributed by atoms with Crippen molar-refractivity contribution in [3.8, 4) is 34.2 Å². The number of amides is 3. The smallest absolute Gasteiger partial charge is 0.251 e. The molecule has 0 unspecified atom stereocenters. The molecule has 264 valence electrons. The van der Waals surface area contributed by atoms with Crippen molar-refractivity contribution in [3.05, 3.63) is 180 Å². The zero-order chi connectivity index (χ0) is 37.1. The maximum absolute atomic E-state index is 12.9. The molecule has 0 aliphatic carbocycles. The lowest BCUT2D eigenvalue weighted by Gasteiger charge is -2.10. The Morgan fingerprint density at radius 1 is 0.389 bits per heavy atom. The molecule has 4 heterocycles. The number of aromatic nitrogens is 6. The van der Waals surface area contributed by atoms with E-state index in [1.54, 1.807) is 110 Å². The fraction of sp³-hybridized carbons (Fsp3) is 0.0714. The number of nitrogens with zero attached hydrogens (tertiary/aromatic N) is 6. The van der Waals surface area contributed by atoms with Crippen LogP contribution >= 0.6 is 0 Å². The number of carbonyl (C=O) groups is 3. The van der Waals surface area contributed by atoms with Crippen LogP contribution in [-0.2, 0) is 19.6 Å². The predicted octanol–water partition coefficient (Wildman–Crippen LogP) is 5.85. The summed E-state index contributed by atoms with van der Waals surface area (Å²) in [5.74, 6) is 0.473. The van der Waals surface area contributed by atoms with Crippen molar-refractivity contribution in [2.75, 3.05) is 0 Å². The van der Waals surface area contributed by atoms with Crippen molar-refractivity contribution in [2.45, 2.75) is 19.6 Å². The standard InChI is InChI=1S/C42H33N9O3/c52-40(46-25-28-4-1-19-43-22-28)34-13-7-31(8-14-34)37-49-38(32-9-15-35(16-10-32)41(53)47-26-29-5-2-20-44-23-29)51-39(50-37)33-11-17-36(18-12-33)42(54)48-27-30-6-3-21-45-24-30/h1-24H,25-27H2,(H,46,52)(H,47,53)(H,48,54). The minimum absolute atomic E-state index is 0.225. The topological polar surface area (TPSA) is 165 Å². The van der Waals surface area contributed by atoms with Gasteiger partial charge in [-0.15, -0.1) is 0 Å². The Labute approximate surface area is 310 Å². The van der Waals surface area contributed by atoms with Crippen molar-refractivity contribution >= 4 is 17.7 Å². The zero-order valence-electron chi connectivity index (χ0n) is 28.9. The Kier molecular flexibility index (Phi) is 10.8. The zero-order valence-corrected chi connectivity index (χ0v) is 28.9.